The van der Waals surface area contributed by atoms with Gasteiger partial charge in [0, 0.05) is 24.7 Å². The van der Waals surface area contributed by atoms with Gasteiger partial charge in [-0.25, -0.2) is 8.78 Å². The van der Waals surface area contributed by atoms with Crippen LogP contribution in [0.25, 0.3) is 22.4 Å². The number of benzene rings is 3. The number of ether oxygens (including phenoxy) is 1. The molecule has 3 heterocycles. The predicted octanol–water partition coefficient (Wildman–Crippen LogP) is 7.12. The predicted molar refractivity (Wildman–Crippen MR) is 158 cm³/mol. The molecule has 0 saturated carbocycles. The Balaban J connectivity index is 1.50. The van der Waals surface area contributed by atoms with Crippen molar-refractivity contribution in [1.82, 2.24) is 14.7 Å². The molecule has 0 unspecified atom stereocenters. The summed E-state index contributed by atoms with van der Waals surface area (Å²) < 4.78 is 81.7. The quantitative estimate of drug-likeness (QED) is 0.187. The van der Waals surface area contributed by atoms with Gasteiger partial charge in [-0.15, -0.1) is 0 Å². The minimum absolute atomic E-state index is 0.00607. The summed E-state index contributed by atoms with van der Waals surface area (Å²) in [6.45, 7) is 7.15. The number of halogens is 5. The first-order chi connectivity index (χ1) is 21.3. The van der Waals surface area contributed by atoms with E-state index in [1.807, 2.05) is 18.7 Å². The number of hydrogen-bond donors (Lipinski definition) is 0. The average Bonchev–Trinajstić information content (AvgIpc) is 3.52. The van der Waals surface area contributed by atoms with Gasteiger partial charge in [0.1, 0.15) is 17.2 Å². The topological polar surface area (TPSA) is 73.4 Å². The van der Waals surface area contributed by atoms with Crippen LogP contribution in [0.4, 0.5) is 27.6 Å². The van der Waals surface area contributed by atoms with E-state index in [0.29, 0.717) is 42.9 Å². The van der Waals surface area contributed by atoms with Crippen molar-refractivity contribution in [2.45, 2.75) is 38.4 Å². The van der Waals surface area contributed by atoms with Gasteiger partial charge in [-0.3, -0.25) is 4.79 Å². The van der Waals surface area contributed by atoms with Crippen molar-refractivity contribution in [1.29, 1.82) is 0 Å². The molecular formula is C33H29F5N4O3. The zero-order valence-corrected chi connectivity index (χ0v) is 24.7. The molecular weight excluding hydrogens is 595 g/mol. The largest absolute Gasteiger partial charge is 0.416 e. The lowest BCUT2D eigenvalue weighted by molar-refractivity contribution is -0.137. The molecule has 7 nitrogen and oxygen atoms in total. The maximum absolute atomic E-state index is 15.6. The molecule has 2 aromatic heterocycles. The lowest BCUT2D eigenvalue weighted by Gasteiger charge is -2.30. The van der Waals surface area contributed by atoms with Crippen LogP contribution in [0.15, 0.2) is 76.2 Å². The molecule has 0 radical (unpaired) electrons. The van der Waals surface area contributed by atoms with Crippen molar-refractivity contribution in [2.75, 3.05) is 31.2 Å². The van der Waals surface area contributed by atoms with Crippen LogP contribution in [0.5, 0.6) is 0 Å². The monoisotopic (exact) mass is 624 g/mol. The fourth-order valence-electron chi connectivity index (χ4n) is 5.57. The summed E-state index contributed by atoms with van der Waals surface area (Å²) in [5.41, 5.74) is -0.268. The summed E-state index contributed by atoms with van der Waals surface area (Å²) in [5, 5.41) is 4.16. The molecule has 1 atom stereocenters. The molecule has 0 aliphatic carbocycles. The Bertz CT molecular complexity index is 1910. The van der Waals surface area contributed by atoms with Gasteiger partial charge in [-0.05, 0) is 68.3 Å². The number of anilines is 1. The van der Waals surface area contributed by atoms with E-state index in [1.165, 1.54) is 36.5 Å². The third kappa shape index (κ3) is 5.70. The van der Waals surface area contributed by atoms with E-state index in [9.17, 15) is 22.4 Å². The highest BCUT2D eigenvalue weighted by atomic mass is 19.4. The molecule has 0 amide bonds. The number of rotatable bonds is 6. The minimum Gasteiger partial charge on any atom is -0.378 e. The van der Waals surface area contributed by atoms with Gasteiger partial charge in [0.2, 0.25) is 5.43 Å². The zero-order valence-electron chi connectivity index (χ0n) is 24.7. The van der Waals surface area contributed by atoms with Crippen LogP contribution >= 0.6 is 0 Å². The highest BCUT2D eigenvalue weighted by Gasteiger charge is 2.32. The Morgan fingerprint density at radius 2 is 1.56 bits per heavy atom. The van der Waals surface area contributed by atoms with Crippen molar-refractivity contribution in [2.24, 2.45) is 0 Å². The van der Waals surface area contributed by atoms with E-state index >= 15 is 4.39 Å². The maximum Gasteiger partial charge on any atom is 0.416 e. The normalized spacial score (nSPS) is 15.1. The van der Waals surface area contributed by atoms with Crippen molar-refractivity contribution in [3.63, 3.8) is 0 Å². The van der Waals surface area contributed by atoms with Gasteiger partial charge in [0.05, 0.1) is 41.4 Å². The third-order valence-corrected chi connectivity index (χ3v) is 8.37. The number of aromatic nitrogens is 3. The highest BCUT2D eigenvalue weighted by Crippen LogP contribution is 2.35. The van der Waals surface area contributed by atoms with Crippen molar-refractivity contribution in [3.05, 3.63) is 111 Å². The van der Waals surface area contributed by atoms with Gasteiger partial charge in [-0.2, -0.15) is 18.2 Å². The van der Waals surface area contributed by atoms with Gasteiger partial charge in [0.15, 0.2) is 5.82 Å². The molecule has 1 aliphatic heterocycles. The molecule has 5 aromatic rings. The van der Waals surface area contributed by atoms with E-state index in [0.717, 1.165) is 12.1 Å². The SMILES string of the molecule is C[C@H](c1ccc(C(F)(F)F)cc1)n1cc(-c2nc(C(C)(C)c3ccc(F)cc3)no2)c(=O)c2cc(F)c(N3CCOCC3)cc21. The molecule has 6 rings (SSSR count). The lowest BCUT2D eigenvalue weighted by atomic mass is 9.84. The Morgan fingerprint density at radius 3 is 2.20 bits per heavy atom. The first-order valence-corrected chi connectivity index (χ1v) is 14.3. The first-order valence-electron chi connectivity index (χ1n) is 14.3. The summed E-state index contributed by atoms with van der Waals surface area (Å²) in [6, 6.07) is 12.8. The number of fused-ring (bicyclic) bond motifs is 1. The van der Waals surface area contributed by atoms with Crippen molar-refractivity contribution < 1.29 is 31.2 Å². The lowest BCUT2D eigenvalue weighted by Crippen LogP contribution is -2.36. The van der Waals surface area contributed by atoms with E-state index in [2.05, 4.69) is 10.1 Å². The van der Waals surface area contributed by atoms with Crippen LogP contribution in [0.2, 0.25) is 0 Å². The smallest absolute Gasteiger partial charge is 0.378 e. The van der Waals surface area contributed by atoms with Crippen LogP contribution < -0.4 is 10.3 Å². The van der Waals surface area contributed by atoms with Crippen LogP contribution in [-0.4, -0.2) is 41.0 Å². The average molecular weight is 625 g/mol. The molecule has 12 heteroatoms. The molecule has 0 spiro atoms. The molecule has 3 aromatic carbocycles. The summed E-state index contributed by atoms with van der Waals surface area (Å²) in [4.78, 5) is 20.2. The number of hydrogen-bond acceptors (Lipinski definition) is 6. The molecule has 1 fully saturated rings. The molecule has 45 heavy (non-hydrogen) atoms. The van der Waals surface area contributed by atoms with Gasteiger partial charge < -0.3 is 18.7 Å². The van der Waals surface area contributed by atoms with Crippen LogP contribution in [-0.2, 0) is 16.3 Å². The molecule has 0 bridgehead atoms. The number of nitrogens with zero attached hydrogens (tertiary/aromatic N) is 4. The van der Waals surface area contributed by atoms with Crippen LogP contribution in [0.3, 0.4) is 0 Å². The van der Waals surface area contributed by atoms with Crippen molar-refractivity contribution in [3.8, 4) is 11.5 Å². The van der Waals surface area contributed by atoms with Gasteiger partial charge in [-0.1, -0.05) is 29.4 Å². The molecule has 234 valence electrons. The van der Waals surface area contributed by atoms with Crippen LogP contribution in [0, 0.1) is 11.6 Å². The zero-order chi connectivity index (χ0) is 32.1. The Kier molecular flexibility index (Phi) is 7.72. The van der Waals surface area contributed by atoms with E-state index in [1.54, 1.807) is 29.7 Å². The Morgan fingerprint density at radius 1 is 0.911 bits per heavy atom. The second kappa shape index (κ2) is 11.4. The fourth-order valence-corrected chi connectivity index (χ4v) is 5.57. The van der Waals surface area contributed by atoms with Crippen LogP contribution in [0.1, 0.15) is 49.3 Å². The second-order valence-electron chi connectivity index (χ2n) is 11.6. The standard InChI is InChI=1S/C33H29F5N4O3/c1-19(20-4-6-22(7-5-20)33(36,37)38)42-18-25(30-39-31(40-45-30)32(2,3)21-8-10-23(34)11-9-21)29(43)24-16-26(35)28(17-27(24)42)41-12-14-44-15-13-41/h4-11,16-19H,12-15H2,1-3H3/t19-/m1/s1. The van der Waals surface area contributed by atoms with Crippen molar-refractivity contribution >= 4 is 16.6 Å². The van der Waals surface area contributed by atoms with Gasteiger partial charge in [0.25, 0.3) is 5.89 Å². The number of morpholine rings is 1. The fraction of sp³-hybridized carbons (Fsp3) is 0.303. The second-order valence-corrected chi connectivity index (χ2v) is 11.6. The number of alkyl halides is 3. The molecule has 0 N–H and O–H groups in total. The van der Waals surface area contributed by atoms with E-state index in [-0.39, 0.29) is 28.4 Å². The Hall–Kier alpha value is -4.58. The van der Waals surface area contributed by atoms with E-state index in [4.69, 9.17) is 9.26 Å². The highest BCUT2D eigenvalue weighted by molar-refractivity contribution is 5.86. The summed E-state index contributed by atoms with van der Waals surface area (Å²) in [6.07, 6.45) is -2.99. The number of pyridine rings is 1. The first kappa shape index (κ1) is 30.4. The maximum atomic E-state index is 15.6. The summed E-state index contributed by atoms with van der Waals surface area (Å²) in [7, 11) is 0. The minimum atomic E-state index is -4.50. The molecule has 1 saturated heterocycles. The Labute approximate surface area is 254 Å². The summed E-state index contributed by atoms with van der Waals surface area (Å²) >= 11 is 0. The van der Waals surface area contributed by atoms with E-state index < -0.39 is 40.3 Å². The summed E-state index contributed by atoms with van der Waals surface area (Å²) in [5.74, 6) is -0.875. The third-order valence-electron chi connectivity index (χ3n) is 8.37. The van der Waals surface area contributed by atoms with Gasteiger partial charge >= 0.3 is 6.18 Å². The molecule has 1 aliphatic rings.